The number of carboxylic acids is 1. The monoisotopic (exact) mass is 404 g/mol. The topological polar surface area (TPSA) is 62.5 Å². The summed E-state index contributed by atoms with van der Waals surface area (Å²) in [6, 6.07) is 11.5. The summed E-state index contributed by atoms with van der Waals surface area (Å²) in [5.41, 5.74) is 0.277. The van der Waals surface area contributed by atoms with Crippen molar-refractivity contribution in [2.75, 3.05) is 11.9 Å². The lowest BCUT2D eigenvalue weighted by Gasteiger charge is -2.19. The molecule has 0 spiro atoms. The Morgan fingerprint density at radius 2 is 1.79 bits per heavy atom. The quantitative estimate of drug-likeness (QED) is 0.677. The van der Waals surface area contributed by atoms with Crippen LogP contribution in [0.1, 0.15) is 28.5 Å². The minimum absolute atomic E-state index is 0.0134. The number of carbonyl (C=O) groups is 2. The van der Waals surface area contributed by atoms with Crippen molar-refractivity contribution in [3.05, 3.63) is 65.4 Å². The zero-order valence-corrected chi connectivity index (χ0v) is 15.8. The van der Waals surface area contributed by atoms with Gasteiger partial charge in [-0.2, -0.15) is 13.2 Å². The first-order chi connectivity index (χ1) is 13.6. The number of alkyl halides is 3. The van der Waals surface area contributed by atoms with Crippen molar-refractivity contribution in [1.29, 1.82) is 0 Å². The number of fused-ring (bicyclic) bond motifs is 1. The van der Waals surface area contributed by atoms with Crippen molar-refractivity contribution in [3.63, 3.8) is 0 Å². The minimum Gasteiger partial charge on any atom is -0.477 e. The lowest BCUT2D eigenvalue weighted by Crippen LogP contribution is -2.28. The molecule has 1 aromatic heterocycles. The summed E-state index contributed by atoms with van der Waals surface area (Å²) >= 11 is 0. The van der Waals surface area contributed by atoms with Crippen LogP contribution in [0, 0.1) is 0 Å². The average molecular weight is 404 g/mol. The first kappa shape index (κ1) is 20.4. The maximum Gasteiger partial charge on any atom is 0.416 e. The maximum atomic E-state index is 13.0. The SMILES string of the molecule is CCn1c(C(=O)O)c(CC(=O)N(C)c2cccc(C(F)(F)F)c2)c2ccccc21. The number of rotatable bonds is 5. The Hall–Kier alpha value is -3.29. The predicted octanol–water partition coefficient (Wildman–Crippen LogP) is 4.58. The molecule has 0 atom stereocenters. The second-order valence-electron chi connectivity index (χ2n) is 6.57. The van der Waals surface area contributed by atoms with E-state index in [4.69, 9.17) is 0 Å². The third-order valence-electron chi connectivity index (χ3n) is 4.86. The number of nitrogens with zero attached hydrogens (tertiary/aromatic N) is 2. The van der Waals surface area contributed by atoms with Crippen molar-refractivity contribution in [1.82, 2.24) is 4.57 Å². The van der Waals surface area contributed by atoms with E-state index in [1.807, 2.05) is 0 Å². The Morgan fingerprint density at radius 1 is 1.10 bits per heavy atom. The third kappa shape index (κ3) is 3.83. The van der Waals surface area contributed by atoms with Crippen LogP contribution in [-0.4, -0.2) is 28.6 Å². The molecule has 0 radical (unpaired) electrons. The molecule has 0 aliphatic rings. The Labute approximate surface area is 165 Å². The van der Waals surface area contributed by atoms with Crippen LogP contribution in [0.4, 0.5) is 18.9 Å². The molecule has 1 heterocycles. The van der Waals surface area contributed by atoms with E-state index in [-0.39, 0.29) is 17.8 Å². The minimum atomic E-state index is -4.52. The van der Waals surface area contributed by atoms with Crippen LogP contribution in [0.15, 0.2) is 48.5 Å². The van der Waals surface area contributed by atoms with E-state index < -0.39 is 23.6 Å². The highest BCUT2D eigenvalue weighted by atomic mass is 19.4. The largest absolute Gasteiger partial charge is 0.477 e. The van der Waals surface area contributed by atoms with Gasteiger partial charge in [0.1, 0.15) is 5.69 Å². The Bertz CT molecular complexity index is 1090. The van der Waals surface area contributed by atoms with Crippen LogP contribution in [-0.2, 0) is 23.9 Å². The van der Waals surface area contributed by atoms with Crippen LogP contribution in [0.2, 0.25) is 0 Å². The second kappa shape index (κ2) is 7.62. The van der Waals surface area contributed by atoms with Crippen molar-refractivity contribution < 1.29 is 27.9 Å². The van der Waals surface area contributed by atoms with E-state index in [0.717, 1.165) is 17.0 Å². The summed E-state index contributed by atoms with van der Waals surface area (Å²) in [5, 5.41) is 10.3. The zero-order valence-electron chi connectivity index (χ0n) is 15.8. The van der Waals surface area contributed by atoms with Gasteiger partial charge in [0.25, 0.3) is 0 Å². The summed E-state index contributed by atoms with van der Waals surface area (Å²) in [4.78, 5) is 25.8. The van der Waals surface area contributed by atoms with Crippen LogP contribution in [0.5, 0.6) is 0 Å². The van der Waals surface area contributed by atoms with Gasteiger partial charge in [-0.1, -0.05) is 24.3 Å². The first-order valence-electron chi connectivity index (χ1n) is 8.92. The van der Waals surface area contributed by atoms with E-state index in [2.05, 4.69) is 0 Å². The standard InChI is InChI=1S/C21H19F3N2O3/c1-3-26-17-10-5-4-9-15(17)16(19(26)20(28)29)12-18(27)25(2)14-8-6-7-13(11-14)21(22,23)24/h4-11H,3,12H2,1-2H3,(H,28,29). The van der Waals surface area contributed by atoms with Gasteiger partial charge in [0.05, 0.1) is 12.0 Å². The highest BCUT2D eigenvalue weighted by Crippen LogP contribution is 2.32. The summed E-state index contributed by atoms with van der Waals surface area (Å²) < 4.78 is 40.5. The van der Waals surface area contributed by atoms with Gasteiger partial charge in [0, 0.05) is 35.7 Å². The number of anilines is 1. The fraction of sp³-hybridized carbons (Fsp3) is 0.238. The molecule has 29 heavy (non-hydrogen) atoms. The van der Waals surface area contributed by atoms with E-state index in [1.165, 1.54) is 19.2 Å². The van der Waals surface area contributed by atoms with E-state index in [9.17, 15) is 27.9 Å². The molecule has 3 aromatic rings. The zero-order chi connectivity index (χ0) is 21.3. The van der Waals surface area contributed by atoms with Gasteiger partial charge in [-0.15, -0.1) is 0 Å². The van der Waals surface area contributed by atoms with Gasteiger partial charge >= 0.3 is 12.1 Å². The van der Waals surface area contributed by atoms with Gasteiger partial charge < -0.3 is 14.6 Å². The van der Waals surface area contributed by atoms with E-state index >= 15 is 0 Å². The molecule has 0 saturated heterocycles. The number of aryl methyl sites for hydroxylation is 1. The molecular formula is C21H19F3N2O3. The lowest BCUT2D eigenvalue weighted by molar-refractivity contribution is -0.137. The number of likely N-dealkylation sites (N-methyl/N-ethyl adjacent to an activating group) is 1. The van der Waals surface area contributed by atoms with Gasteiger partial charge in [-0.25, -0.2) is 4.79 Å². The molecule has 0 saturated carbocycles. The molecule has 2 aromatic carbocycles. The van der Waals surface area contributed by atoms with Crippen LogP contribution in [0.25, 0.3) is 10.9 Å². The summed E-state index contributed by atoms with van der Waals surface area (Å²) in [6.07, 6.45) is -4.77. The number of halogens is 3. The number of carboxylic acid groups (broad SMARTS) is 1. The van der Waals surface area contributed by atoms with E-state index in [0.29, 0.717) is 23.0 Å². The van der Waals surface area contributed by atoms with Crippen molar-refractivity contribution in [3.8, 4) is 0 Å². The lowest BCUT2D eigenvalue weighted by atomic mass is 10.1. The van der Waals surface area contributed by atoms with Gasteiger partial charge in [-0.3, -0.25) is 4.79 Å². The number of aromatic nitrogens is 1. The van der Waals surface area contributed by atoms with Crippen LogP contribution in [0.3, 0.4) is 0 Å². The van der Waals surface area contributed by atoms with Gasteiger partial charge in [0.2, 0.25) is 5.91 Å². The molecule has 0 aliphatic heterocycles. The molecule has 5 nitrogen and oxygen atoms in total. The van der Waals surface area contributed by atoms with E-state index in [1.54, 1.807) is 35.8 Å². The highest BCUT2D eigenvalue weighted by Gasteiger charge is 2.31. The normalized spacial score (nSPS) is 11.6. The molecule has 0 aliphatic carbocycles. The molecule has 0 fully saturated rings. The number of para-hydroxylation sites is 1. The number of carbonyl (C=O) groups excluding carboxylic acids is 1. The second-order valence-corrected chi connectivity index (χ2v) is 6.57. The smallest absolute Gasteiger partial charge is 0.416 e. The summed E-state index contributed by atoms with van der Waals surface area (Å²) in [7, 11) is 1.37. The Balaban J connectivity index is 2.00. The van der Waals surface area contributed by atoms with Crippen molar-refractivity contribution in [2.24, 2.45) is 0 Å². The highest BCUT2D eigenvalue weighted by molar-refractivity contribution is 6.03. The number of hydrogen-bond donors (Lipinski definition) is 1. The van der Waals surface area contributed by atoms with Crippen molar-refractivity contribution in [2.45, 2.75) is 26.1 Å². The molecule has 0 bridgehead atoms. The van der Waals surface area contributed by atoms with Crippen LogP contribution >= 0.6 is 0 Å². The molecular weight excluding hydrogens is 385 g/mol. The molecule has 3 rings (SSSR count). The molecule has 8 heteroatoms. The number of aromatic carboxylic acids is 1. The summed E-state index contributed by atoms with van der Waals surface area (Å²) in [5.74, 6) is -1.67. The molecule has 152 valence electrons. The first-order valence-corrected chi connectivity index (χ1v) is 8.92. The molecule has 1 amide bonds. The fourth-order valence-corrected chi connectivity index (χ4v) is 3.43. The predicted molar refractivity (Wildman–Crippen MR) is 103 cm³/mol. The molecule has 0 unspecified atom stereocenters. The van der Waals surface area contributed by atoms with Gasteiger partial charge in [-0.05, 0) is 31.2 Å². The maximum absolute atomic E-state index is 13.0. The Morgan fingerprint density at radius 3 is 2.41 bits per heavy atom. The van der Waals surface area contributed by atoms with Crippen molar-refractivity contribution >= 4 is 28.5 Å². The number of hydrogen-bond acceptors (Lipinski definition) is 2. The summed E-state index contributed by atoms with van der Waals surface area (Å²) in [6.45, 7) is 2.21. The fourth-order valence-electron chi connectivity index (χ4n) is 3.43. The Kier molecular flexibility index (Phi) is 5.37. The molecule has 1 N–H and O–H groups in total. The third-order valence-corrected chi connectivity index (χ3v) is 4.86. The average Bonchev–Trinajstić information content (AvgIpc) is 3.00. The number of benzene rings is 2. The van der Waals surface area contributed by atoms with Crippen LogP contribution < -0.4 is 4.90 Å². The van der Waals surface area contributed by atoms with Gasteiger partial charge in [0.15, 0.2) is 0 Å². The number of amides is 1.